The second-order valence-electron chi connectivity index (χ2n) is 4.60. The fourth-order valence-corrected chi connectivity index (χ4v) is 2.07. The highest BCUT2D eigenvalue weighted by Crippen LogP contribution is 2.17. The third-order valence-electron chi connectivity index (χ3n) is 3.29. The molecular formula is C16H20N4O2. The normalized spacial score (nSPS) is 10.1. The molecule has 1 aromatic heterocycles. The van der Waals surface area contributed by atoms with Crippen LogP contribution in [-0.4, -0.2) is 36.1 Å². The first kappa shape index (κ1) is 15.8. The second-order valence-corrected chi connectivity index (χ2v) is 4.60. The largest absolute Gasteiger partial charge is 0.465 e. The van der Waals surface area contributed by atoms with Crippen molar-refractivity contribution in [3.05, 3.63) is 42.1 Å². The first-order valence-corrected chi connectivity index (χ1v) is 7.21. The molecule has 0 unspecified atom stereocenters. The fraction of sp³-hybridized carbons (Fsp3) is 0.312. The summed E-state index contributed by atoms with van der Waals surface area (Å²) in [4.78, 5) is 22.3. The Labute approximate surface area is 130 Å². The SMILES string of the molecule is CCN(CC)c1ccnc(Nc2ccc(C(=O)OC)cc2)n1. The molecule has 1 aromatic carbocycles. The van der Waals surface area contributed by atoms with Gasteiger partial charge in [-0.15, -0.1) is 0 Å². The highest BCUT2D eigenvalue weighted by molar-refractivity contribution is 5.89. The summed E-state index contributed by atoms with van der Waals surface area (Å²) in [6.07, 6.45) is 1.73. The summed E-state index contributed by atoms with van der Waals surface area (Å²) in [5.74, 6) is 1.05. The molecule has 1 N–H and O–H groups in total. The Morgan fingerprint density at radius 2 is 1.86 bits per heavy atom. The monoisotopic (exact) mass is 300 g/mol. The number of anilines is 3. The third kappa shape index (κ3) is 3.72. The van der Waals surface area contributed by atoms with Crippen molar-refractivity contribution >= 4 is 23.4 Å². The van der Waals surface area contributed by atoms with Crippen LogP contribution < -0.4 is 10.2 Å². The van der Waals surface area contributed by atoms with Crippen molar-refractivity contribution in [3.8, 4) is 0 Å². The van der Waals surface area contributed by atoms with E-state index in [1.54, 1.807) is 30.5 Å². The van der Waals surface area contributed by atoms with Crippen LogP contribution in [0.1, 0.15) is 24.2 Å². The number of hydrogen-bond donors (Lipinski definition) is 1. The predicted octanol–water partition coefficient (Wildman–Crippen LogP) is 2.85. The van der Waals surface area contributed by atoms with Crippen molar-refractivity contribution in [2.24, 2.45) is 0 Å². The molecule has 0 atom stereocenters. The number of ether oxygens (including phenoxy) is 1. The van der Waals surface area contributed by atoms with E-state index < -0.39 is 0 Å². The van der Waals surface area contributed by atoms with E-state index in [4.69, 9.17) is 0 Å². The van der Waals surface area contributed by atoms with E-state index in [0.717, 1.165) is 24.6 Å². The van der Waals surface area contributed by atoms with Gasteiger partial charge in [0.2, 0.25) is 5.95 Å². The van der Waals surface area contributed by atoms with E-state index in [1.165, 1.54) is 7.11 Å². The van der Waals surface area contributed by atoms with Crippen LogP contribution in [0, 0.1) is 0 Å². The van der Waals surface area contributed by atoms with E-state index in [0.29, 0.717) is 11.5 Å². The molecule has 0 aliphatic heterocycles. The van der Waals surface area contributed by atoms with Crippen LogP contribution >= 0.6 is 0 Å². The van der Waals surface area contributed by atoms with Crippen LogP contribution in [0.4, 0.5) is 17.5 Å². The summed E-state index contributed by atoms with van der Waals surface area (Å²) in [7, 11) is 1.36. The topological polar surface area (TPSA) is 67.4 Å². The molecule has 1 heterocycles. The lowest BCUT2D eigenvalue weighted by atomic mass is 10.2. The zero-order valence-electron chi connectivity index (χ0n) is 13.0. The number of carbonyl (C=O) groups is 1. The fourth-order valence-electron chi connectivity index (χ4n) is 2.07. The number of esters is 1. The average molecular weight is 300 g/mol. The van der Waals surface area contributed by atoms with Crippen molar-refractivity contribution in [3.63, 3.8) is 0 Å². The summed E-state index contributed by atoms with van der Waals surface area (Å²) in [6, 6.07) is 8.86. The maximum absolute atomic E-state index is 11.4. The zero-order chi connectivity index (χ0) is 15.9. The molecule has 0 saturated heterocycles. The van der Waals surface area contributed by atoms with Crippen LogP contribution in [0.2, 0.25) is 0 Å². The molecule has 0 aliphatic rings. The first-order chi connectivity index (χ1) is 10.7. The highest BCUT2D eigenvalue weighted by Gasteiger charge is 2.07. The Morgan fingerprint density at radius 1 is 1.18 bits per heavy atom. The van der Waals surface area contributed by atoms with Crippen LogP contribution in [0.3, 0.4) is 0 Å². The molecule has 0 fully saturated rings. The van der Waals surface area contributed by atoms with Crippen molar-refractivity contribution in [1.29, 1.82) is 0 Å². The maximum Gasteiger partial charge on any atom is 0.337 e. The van der Waals surface area contributed by atoms with Crippen molar-refractivity contribution in [2.75, 3.05) is 30.4 Å². The standard InChI is InChI=1S/C16H20N4O2/c1-4-20(5-2)14-10-11-17-16(19-14)18-13-8-6-12(7-9-13)15(21)22-3/h6-11H,4-5H2,1-3H3,(H,17,18,19). The van der Waals surface area contributed by atoms with Gasteiger partial charge in [-0.2, -0.15) is 4.98 Å². The van der Waals surface area contributed by atoms with Gasteiger partial charge in [0.15, 0.2) is 0 Å². The predicted molar refractivity (Wildman–Crippen MR) is 86.7 cm³/mol. The summed E-state index contributed by atoms with van der Waals surface area (Å²) in [5.41, 5.74) is 1.32. The third-order valence-corrected chi connectivity index (χ3v) is 3.29. The van der Waals surface area contributed by atoms with Crippen LogP contribution in [0.25, 0.3) is 0 Å². The zero-order valence-corrected chi connectivity index (χ0v) is 13.0. The molecule has 2 aromatic rings. The number of aromatic nitrogens is 2. The van der Waals surface area contributed by atoms with Gasteiger partial charge in [-0.25, -0.2) is 9.78 Å². The Kier molecular flexibility index (Phi) is 5.30. The lowest BCUT2D eigenvalue weighted by Crippen LogP contribution is -2.23. The van der Waals surface area contributed by atoms with Gasteiger partial charge in [0.25, 0.3) is 0 Å². The average Bonchev–Trinajstić information content (AvgIpc) is 2.56. The molecule has 6 heteroatoms. The van der Waals surface area contributed by atoms with E-state index in [2.05, 4.69) is 38.8 Å². The highest BCUT2D eigenvalue weighted by atomic mass is 16.5. The number of carbonyl (C=O) groups excluding carboxylic acids is 1. The quantitative estimate of drug-likeness (QED) is 0.827. The van der Waals surface area contributed by atoms with Gasteiger partial charge in [-0.1, -0.05) is 0 Å². The molecule has 0 saturated carbocycles. The molecule has 6 nitrogen and oxygen atoms in total. The lowest BCUT2D eigenvalue weighted by molar-refractivity contribution is 0.0601. The number of nitrogens with zero attached hydrogens (tertiary/aromatic N) is 3. The molecule has 0 amide bonds. The molecule has 0 spiro atoms. The van der Waals surface area contributed by atoms with E-state index in [1.807, 2.05) is 6.07 Å². The smallest absolute Gasteiger partial charge is 0.337 e. The molecular weight excluding hydrogens is 280 g/mol. The van der Waals surface area contributed by atoms with Crippen molar-refractivity contribution in [2.45, 2.75) is 13.8 Å². The van der Waals surface area contributed by atoms with Gasteiger partial charge in [0.05, 0.1) is 12.7 Å². The van der Waals surface area contributed by atoms with Crippen molar-refractivity contribution in [1.82, 2.24) is 9.97 Å². The number of hydrogen-bond acceptors (Lipinski definition) is 6. The van der Waals surface area contributed by atoms with Gasteiger partial charge in [0.1, 0.15) is 5.82 Å². The Bertz CT molecular complexity index is 624. The molecule has 22 heavy (non-hydrogen) atoms. The van der Waals surface area contributed by atoms with Gasteiger partial charge < -0.3 is 15.0 Å². The summed E-state index contributed by atoms with van der Waals surface area (Å²) >= 11 is 0. The minimum Gasteiger partial charge on any atom is -0.465 e. The van der Waals surface area contributed by atoms with Gasteiger partial charge >= 0.3 is 5.97 Å². The lowest BCUT2D eigenvalue weighted by Gasteiger charge is -2.19. The summed E-state index contributed by atoms with van der Waals surface area (Å²) in [6.45, 7) is 5.95. The Hall–Kier alpha value is -2.63. The van der Waals surface area contributed by atoms with Crippen LogP contribution in [0.15, 0.2) is 36.5 Å². The number of benzene rings is 1. The number of nitrogens with one attached hydrogen (secondary N) is 1. The number of rotatable bonds is 6. The first-order valence-electron chi connectivity index (χ1n) is 7.21. The maximum atomic E-state index is 11.4. The number of methoxy groups -OCH3 is 1. The van der Waals surface area contributed by atoms with Gasteiger partial charge in [0, 0.05) is 25.0 Å². The van der Waals surface area contributed by atoms with Crippen LogP contribution in [-0.2, 0) is 4.74 Å². The van der Waals surface area contributed by atoms with Gasteiger partial charge in [-0.05, 0) is 44.2 Å². The van der Waals surface area contributed by atoms with Gasteiger partial charge in [-0.3, -0.25) is 0 Å². The summed E-state index contributed by atoms with van der Waals surface area (Å²) in [5, 5.41) is 3.13. The molecule has 2 rings (SSSR count). The molecule has 116 valence electrons. The van der Waals surface area contributed by atoms with E-state index in [-0.39, 0.29) is 5.97 Å². The summed E-state index contributed by atoms with van der Waals surface area (Å²) < 4.78 is 4.67. The van der Waals surface area contributed by atoms with Crippen molar-refractivity contribution < 1.29 is 9.53 Å². The second kappa shape index (κ2) is 7.40. The minimum atomic E-state index is -0.355. The van der Waals surface area contributed by atoms with Crippen LogP contribution in [0.5, 0.6) is 0 Å². The van der Waals surface area contributed by atoms with E-state index in [9.17, 15) is 4.79 Å². The Balaban J connectivity index is 2.13. The molecule has 0 aliphatic carbocycles. The minimum absolute atomic E-state index is 0.355. The molecule has 0 radical (unpaired) electrons. The Morgan fingerprint density at radius 3 is 2.45 bits per heavy atom. The molecule has 0 bridgehead atoms. The van der Waals surface area contributed by atoms with E-state index >= 15 is 0 Å².